The van der Waals surface area contributed by atoms with E-state index >= 15 is 0 Å². The Labute approximate surface area is 154 Å². The molecule has 0 aliphatic carbocycles. The molecule has 0 spiro atoms. The highest BCUT2D eigenvalue weighted by Gasteiger charge is 2.29. The van der Waals surface area contributed by atoms with Gasteiger partial charge in [-0.3, -0.25) is 0 Å². The van der Waals surface area contributed by atoms with E-state index in [1.54, 1.807) is 36.5 Å². The van der Waals surface area contributed by atoms with Crippen molar-refractivity contribution in [3.8, 4) is 22.8 Å². The fraction of sp³-hybridized carbons (Fsp3) is 0.158. The fourth-order valence-corrected chi connectivity index (χ4v) is 2.61. The van der Waals surface area contributed by atoms with Crippen LogP contribution in [-0.4, -0.2) is 23.7 Å². The highest BCUT2D eigenvalue weighted by Crippen LogP contribution is 2.31. The van der Waals surface area contributed by atoms with Crippen molar-refractivity contribution in [1.29, 1.82) is 0 Å². The van der Waals surface area contributed by atoms with Gasteiger partial charge in [0.15, 0.2) is 23.9 Å². The normalized spacial score (nSPS) is 15.5. The molecular weight excluding hydrogens is 358 g/mol. The van der Waals surface area contributed by atoms with Crippen molar-refractivity contribution >= 4 is 17.6 Å². The van der Waals surface area contributed by atoms with Gasteiger partial charge in [-0.05, 0) is 36.4 Å². The number of oxazole rings is 1. The van der Waals surface area contributed by atoms with Gasteiger partial charge in [0.25, 0.3) is 0 Å². The molecule has 0 fully saturated rings. The van der Waals surface area contributed by atoms with Crippen LogP contribution < -0.4 is 9.47 Å². The first-order chi connectivity index (χ1) is 12.7. The third-order valence-electron chi connectivity index (χ3n) is 3.79. The number of ether oxygens (including phenoxy) is 3. The third kappa shape index (κ3) is 3.50. The lowest BCUT2D eigenvalue weighted by Crippen LogP contribution is -2.37. The van der Waals surface area contributed by atoms with E-state index in [0.29, 0.717) is 28.2 Å². The van der Waals surface area contributed by atoms with Crippen LogP contribution in [0.2, 0.25) is 5.02 Å². The molecule has 6 nitrogen and oxygen atoms in total. The summed E-state index contributed by atoms with van der Waals surface area (Å²) >= 11 is 5.87. The average molecular weight is 372 g/mol. The lowest BCUT2D eigenvalue weighted by Gasteiger charge is -2.24. The molecule has 0 N–H and O–H groups in total. The second-order valence-corrected chi connectivity index (χ2v) is 6.03. The minimum atomic E-state index is -0.824. The van der Waals surface area contributed by atoms with Gasteiger partial charge in [-0.1, -0.05) is 23.7 Å². The number of esters is 1. The largest absolute Gasteiger partial charge is 0.485 e. The Morgan fingerprint density at radius 3 is 2.73 bits per heavy atom. The van der Waals surface area contributed by atoms with E-state index in [1.165, 1.54) is 0 Å². The summed E-state index contributed by atoms with van der Waals surface area (Å²) in [6.07, 6.45) is 0.749. The fourth-order valence-electron chi connectivity index (χ4n) is 2.49. The molecular formula is C19H14ClNO5. The predicted molar refractivity (Wildman–Crippen MR) is 93.1 cm³/mol. The maximum absolute atomic E-state index is 12.2. The topological polar surface area (TPSA) is 70.8 Å². The van der Waals surface area contributed by atoms with Gasteiger partial charge in [0, 0.05) is 10.6 Å². The van der Waals surface area contributed by atoms with Gasteiger partial charge < -0.3 is 18.6 Å². The molecule has 1 aromatic heterocycles. The van der Waals surface area contributed by atoms with Crippen molar-refractivity contribution in [1.82, 2.24) is 4.98 Å². The van der Waals surface area contributed by atoms with Crippen molar-refractivity contribution in [2.24, 2.45) is 0 Å². The van der Waals surface area contributed by atoms with Gasteiger partial charge in [-0.15, -0.1) is 0 Å². The smallest absolute Gasteiger partial charge is 0.351 e. The first kappa shape index (κ1) is 16.5. The maximum atomic E-state index is 12.2. The van der Waals surface area contributed by atoms with Gasteiger partial charge in [-0.25, -0.2) is 9.78 Å². The molecule has 7 heteroatoms. The quantitative estimate of drug-likeness (QED) is 0.648. The molecule has 0 bridgehead atoms. The number of aromatic nitrogens is 1. The second-order valence-electron chi connectivity index (χ2n) is 5.60. The molecule has 0 amide bonds. The molecule has 4 rings (SSSR count). The summed E-state index contributed by atoms with van der Waals surface area (Å²) in [5.74, 6) is 1.45. The van der Waals surface area contributed by atoms with E-state index in [1.807, 2.05) is 18.2 Å². The van der Waals surface area contributed by atoms with E-state index in [-0.39, 0.29) is 13.2 Å². The van der Waals surface area contributed by atoms with Crippen LogP contribution in [0.1, 0.15) is 5.89 Å². The molecule has 1 atom stereocenters. The van der Waals surface area contributed by atoms with E-state index in [2.05, 4.69) is 4.98 Å². The molecule has 2 heterocycles. The van der Waals surface area contributed by atoms with Crippen LogP contribution >= 0.6 is 11.6 Å². The van der Waals surface area contributed by atoms with Crippen molar-refractivity contribution in [3.63, 3.8) is 0 Å². The molecule has 26 heavy (non-hydrogen) atoms. The van der Waals surface area contributed by atoms with Gasteiger partial charge >= 0.3 is 5.97 Å². The minimum absolute atomic E-state index is 0.0894. The first-order valence-electron chi connectivity index (χ1n) is 7.95. The average Bonchev–Trinajstić information content (AvgIpc) is 3.15. The van der Waals surface area contributed by atoms with Gasteiger partial charge in [-0.2, -0.15) is 0 Å². The molecule has 0 saturated heterocycles. The van der Waals surface area contributed by atoms with Crippen LogP contribution in [0.4, 0.5) is 0 Å². The maximum Gasteiger partial charge on any atom is 0.351 e. The molecule has 3 aromatic rings. The van der Waals surface area contributed by atoms with Crippen LogP contribution in [0, 0.1) is 0 Å². The van der Waals surface area contributed by atoms with Crippen LogP contribution in [0.5, 0.6) is 11.5 Å². The van der Waals surface area contributed by atoms with Crippen LogP contribution in [0.15, 0.2) is 59.1 Å². The molecule has 2 aromatic carbocycles. The number of fused-ring (bicyclic) bond motifs is 1. The van der Waals surface area contributed by atoms with Crippen molar-refractivity contribution in [2.45, 2.75) is 12.7 Å². The number of carbonyl (C=O) groups excluding carboxylic acids is 1. The number of para-hydroxylation sites is 2. The Morgan fingerprint density at radius 1 is 1.15 bits per heavy atom. The number of hydrogen-bond acceptors (Lipinski definition) is 6. The monoisotopic (exact) mass is 371 g/mol. The lowest BCUT2D eigenvalue weighted by atomic mass is 10.2. The number of nitrogens with zero attached hydrogens (tertiary/aromatic N) is 1. The molecule has 1 aliphatic heterocycles. The first-order valence-corrected chi connectivity index (χ1v) is 8.32. The predicted octanol–water partition coefficient (Wildman–Crippen LogP) is 3.88. The zero-order chi connectivity index (χ0) is 17.9. The number of halogens is 1. The number of hydrogen-bond donors (Lipinski definition) is 0. The Hall–Kier alpha value is -2.99. The third-order valence-corrected chi connectivity index (χ3v) is 4.04. The SMILES string of the molecule is O=C(OCc1ncc(-c2ccc(Cl)cc2)o1)[C@H]1COc2ccccc2O1. The molecule has 1 aliphatic rings. The summed E-state index contributed by atoms with van der Waals surface area (Å²) in [5, 5.41) is 0.638. The van der Waals surface area contributed by atoms with Crippen molar-refractivity contribution < 1.29 is 23.4 Å². The van der Waals surface area contributed by atoms with Crippen LogP contribution in [-0.2, 0) is 16.1 Å². The molecule has 0 saturated carbocycles. The Morgan fingerprint density at radius 2 is 1.92 bits per heavy atom. The highest BCUT2D eigenvalue weighted by molar-refractivity contribution is 6.30. The lowest BCUT2D eigenvalue weighted by molar-refractivity contribution is -0.156. The van der Waals surface area contributed by atoms with Crippen LogP contribution in [0.25, 0.3) is 11.3 Å². The zero-order valence-corrected chi connectivity index (χ0v) is 14.3. The molecule has 0 radical (unpaired) electrons. The van der Waals surface area contributed by atoms with E-state index in [0.717, 1.165) is 5.56 Å². The Bertz CT molecular complexity index is 922. The van der Waals surface area contributed by atoms with Crippen molar-refractivity contribution in [2.75, 3.05) is 6.61 Å². The standard InChI is InChI=1S/C19H14ClNO5/c20-13-7-5-12(6-8-13)16-9-21-18(26-16)11-24-19(22)17-10-23-14-3-1-2-4-15(14)25-17/h1-9,17H,10-11H2/t17-/m1/s1. The summed E-state index contributed by atoms with van der Waals surface area (Å²) in [6.45, 7) is 0.00534. The van der Waals surface area contributed by atoms with E-state index in [4.69, 9.17) is 30.2 Å². The summed E-state index contributed by atoms with van der Waals surface area (Å²) in [7, 11) is 0. The summed E-state index contributed by atoms with van der Waals surface area (Å²) in [5.41, 5.74) is 0.833. The van der Waals surface area contributed by atoms with E-state index < -0.39 is 12.1 Å². The second kappa shape index (κ2) is 7.09. The van der Waals surface area contributed by atoms with Gasteiger partial charge in [0.1, 0.15) is 6.61 Å². The molecule has 0 unspecified atom stereocenters. The summed E-state index contributed by atoms with van der Waals surface area (Å²) in [6, 6.07) is 14.3. The Kier molecular flexibility index (Phi) is 4.50. The minimum Gasteiger partial charge on any atom is -0.485 e. The van der Waals surface area contributed by atoms with Crippen molar-refractivity contribution in [3.05, 3.63) is 65.6 Å². The van der Waals surface area contributed by atoms with E-state index in [9.17, 15) is 4.79 Å². The number of benzene rings is 2. The molecule has 132 valence electrons. The van der Waals surface area contributed by atoms with Crippen LogP contribution in [0.3, 0.4) is 0 Å². The number of carbonyl (C=O) groups is 1. The van der Waals surface area contributed by atoms with Gasteiger partial charge in [0.2, 0.25) is 12.0 Å². The highest BCUT2D eigenvalue weighted by atomic mass is 35.5. The number of rotatable bonds is 4. The Balaban J connectivity index is 1.36. The zero-order valence-electron chi connectivity index (χ0n) is 13.6. The van der Waals surface area contributed by atoms with Gasteiger partial charge in [0.05, 0.1) is 6.20 Å². The summed E-state index contributed by atoms with van der Waals surface area (Å²) < 4.78 is 21.9. The summed E-state index contributed by atoms with van der Waals surface area (Å²) in [4.78, 5) is 16.3.